The quantitative estimate of drug-likeness (QED) is 0.295. The van der Waals surface area contributed by atoms with Gasteiger partial charge in [0.15, 0.2) is 5.96 Å². The topological polar surface area (TPSA) is 39.7 Å². The lowest BCUT2D eigenvalue weighted by Gasteiger charge is -2.21. The molecule has 0 aromatic heterocycles. The fraction of sp³-hybridized carbons (Fsp3) is 0.611. The van der Waals surface area contributed by atoms with Gasteiger partial charge in [-0.2, -0.15) is 0 Å². The summed E-state index contributed by atoms with van der Waals surface area (Å²) in [6.45, 7) is 5.12. The summed E-state index contributed by atoms with van der Waals surface area (Å²) in [5.41, 5.74) is 0.963. The van der Waals surface area contributed by atoms with E-state index in [0.717, 1.165) is 29.0 Å². The molecule has 140 valence electrons. The number of likely N-dealkylation sites (tertiary alicyclic amines) is 1. The van der Waals surface area contributed by atoms with E-state index in [1.807, 2.05) is 12.3 Å². The van der Waals surface area contributed by atoms with Crippen molar-refractivity contribution < 1.29 is 4.39 Å². The first-order valence-corrected chi connectivity index (χ1v) is 9.87. The number of hydrogen-bond donors (Lipinski definition) is 2. The van der Waals surface area contributed by atoms with E-state index in [0.29, 0.717) is 18.5 Å². The van der Waals surface area contributed by atoms with Crippen molar-refractivity contribution in [1.82, 2.24) is 15.5 Å². The van der Waals surface area contributed by atoms with Crippen molar-refractivity contribution in [2.75, 3.05) is 26.4 Å². The van der Waals surface area contributed by atoms with Crippen molar-refractivity contribution in [1.29, 1.82) is 0 Å². The number of halogens is 2. The highest BCUT2D eigenvalue weighted by Crippen LogP contribution is 2.31. The second-order valence-corrected chi connectivity index (χ2v) is 7.64. The van der Waals surface area contributed by atoms with E-state index in [-0.39, 0.29) is 29.8 Å². The largest absolute Gasteiger partial charge is 0.352 e. The summed E-state index contributed by atoms with van der Waals surface area (Å²) in [7, 11) is 1.79. The van der Waals surface area contributed by atoms with Crippen LogP contribution in [0.1, 0.15) is 25.3 Å². The van der Waals surface area contributed by atoms with E-state index < -0.39 is 0 Å². The molecule has 2 aliphatic rings. The van der Waals surface area contributed by atoms with Gasteiger partial charge in [0.1, 0.15) is 5.82 Å². The molecule has 1 aliphatic heterocycles. The molecule has 25 heavy (non-hydrogen) atoms. The van der Waals surface area contributed by atoms with E-state index in [2.05, 4.69) is 27.4 Å². The third-order valence-electron chi connectivity index (χ3n) is 4.94. The fourth-order valence-corrected chi connectivity index (χ4v) is 3.96. The summed E-state index contributed by atoms with van der Waals surface area (Å²) in [5.74, 6) is 1.21. The maximum Gasteiger partial charge on any atom is 0.191 e. The Morgan fingerprint density at radius 1 is 1.36 bits per heavy atom. The number of rotatable bonds is 5. The first kappa shape index (κ1) is 20.8. The lowest BCUT2D eigenvalue weighted by Crippen LogP contribution is -2.46. The Bertz CT molecular complexity index is 609. The third-order valence-corrected chi connectivity index (χ3v) is 5.78. The SMILES string of the molecule is CN=C(NCc1cc(F)ccc1SC)NC1CN(C2CC2)CC1C.I. The number of thioether (sulfide) groups is 1. The Labute approximate surface area is 171 Å². The zero-order valence-electron chi connectivity index (χ0n) is 15.1. The number of aliphatic imine (C=N–C) groups is 1. The van der Waals surface area contributed by atoms with Gasteiger partial charge in [0.2, 0.25) is 0 Å². The minimum absolute atomic E-state index is 0. The number of benzene rings is 1. The Morgan fingerprint density at radius 3 is 2.76 bits per heavy atom. The summed E-state index contributed by atoms with van der Waals surface area (Å²) in [6, 6.07) is 6.17. The first-order chi connectivity index (χ1) is 11.6. The Balaban J connectivity index is 0.00000225. The van der Waals surface area contributed by atoms with Crippen molar-refractivity contribution in [3.05, 3.63) is 29.6 Å². The summed E-state index contributed by atoms with van der Waals surface area (Å²) in [5, 5.41) is 6.88. The van der Waals surface area contributed by atoms with Crippen molar-refractivity contribution in [3.8, 4) is 0 Å². The zero-order chi connectivity index (χ0) is 17.1. The van der Waals surface area contributed by atoms with E-state index in [1.165, 1.54) is 25.5 Å². The van der Waals surface area contributed by atoms with E-state index in [1.54, 1.807) is 24.9 Å². The molecule has 1 heterocycles. The minimum atomic E-state index is -0.197. The van der Waals surface area contributed by atoms with Crippen LogP contribution in [0.2, 0.25) is 0 Å². The molecular formula is C18H28FIN4S. The molecule has 1 aromatic carbocycles. The highest BCUT2D eigenvalue weighted by Gasteiger charge is 2.38. The highest BCUT2D eigenvalue weighted by molar-refractivity contribution is 14.0. The monoisotopic (exact) mass is 478 g/mol. The normalized spacial score (nSPS) is 24.1. The van der Waals surface area contributed by atoms with Gasteiger partial charge < -0.3 is 10.6 Å². The smallest absolute Gasteiger partial charge is 0.191 e. The minimum Gasteiger partial charge on any atom is -0.352 e. The Kier molecular flexibility index (Phi) is 7.82. The fourth-order valence-electron chi connectivity index (χ4n) is 3.36. The van der Waals surface area contributed by atoms with Gasteiger partial charge in [-0.3, -0.25) is 9.89 Å². The maximum absolute atomic E-state index is 13.5. The van der Waals surface area contributed by atoms with Gasteiger partial charge in [0.25, 0.3) is 0 Å². The molecule has 2 fully saturated rings. The number of nitrogens with zero attached hydrogens (tertiary/aromatic N) is 2. The molecule has 2 unspecified atom stereocenters. The number of guanidine groups is 1. The summed E-state index contributed by atoms with van der Waals surface area (Å²) in [6.07, 6.45) is 4.71. The molecule has 3 rings (SSSR count). The van der Waals surface area contributed by atoms with Gasteiger partial charge in [0, 0.05) is 43.7 Å². The van der Waals surface area contributed by atoms with Crippen molar-refractivity contribution in [2.45, 2.75) is 43.3 Å². The van der Waals surface area contributed by atoms with Gasteiger partial charge >= 0.3 is 0 Å². The predicted octanol–water partition coefficient (Wildman–Crippen LogP) is 3.31. The Morgan fingerprint density at radius 2 is 2.12 bits per heavy atom. The molecule has 1 saturated carbocycles. The number of hydrogen-bond acceptors (Lipinski definition) is 3. The van der Waals surface area contributed by atoms with E-state index in [9.17, 15) is 4.39 Å². The molecule has 0 spiro atoms. The van der Waals surface area contributed by atoms with Crippen molar-refractivity contribution >= 4 is 41.7 Å². The molecule has 1 aromatic rings. The van der Waals surface area contributed by atoms with Crippen molar-refractivity contribution in [2.24, 2.45) is 10.9 Å². The van der Waals surface area contributed by atoms with E-state index in [4.69, 9.17) is 0 Å². The van der Waals surface area contributed by atoms with Crippen LogP contribution in [0.3, 0.4) is 0 Å². The summed E-state index contributed by atoms with van der Waals surface area (Å²) < 4.78 is 13.5. The Hall–Kier alpha value is -0.540. The van der Waals surface area contributed by atoms with Crippen molar-refractivity contribution in [3.63, 3.8) is 0 Å². The first-order valence-electron chi connectivity index (χ1n) is 8.64. The van der Waals surface area contributed by atoms with Crippen LogP contribution in [0, 0.1) is 11.7 Å². The molecule has 7 heteroatoms. The lowest BCUT2D eigenvalue weighted by molar-refractivity contribution is 0.315. The van der Waals surface area contributed by atoms with Crippen LogP contribution in [-0.2, 0) is 6.54 Å². The van der Waals surface area contributed by atoms with Gasteiger partial charge in [-0.15, -0.1) is 35.7 Å². The number of nitrogens with one attached hydrogen (secondary N) is 2. The maximum atomic E-state index is 13.5. The molecule has 0 radical (unpaired) electrons. The van der Waals surface area contributed by atoms with Crippen LogP contribution < -0.4 is 10.6 Å². The summed E-state index contributed by atoms with van der Waals surface area (Å²) >= 11 is 1.63. The van der Waals surface area contributed by atoms with Gasteiger partial charge in [-0.05, 0) is 48.8 Å². The lowest BCUT2D eigenvalue weighted by atomic mass is 10.1. The molecule has 1 saturated heterocycles. The average molecular weight is 478 g/mol. The van der Waals surface area contributed by atoms with E-state index >= 15 is 0 Å². The second-order valence-electron chi connectivity index (χ2n) is 6.80. The van der Waals surface area contributed by atoms with Crippen LogP contribution in [-0.4, -0.2) is 49.3 Å². The van der Waals surface area contributed by atoms with Gasteiger partial charge in [0.05, 0.1) is 0 Å². The molecular weight excluding hydrogens is 450 g/mol. The van der Waals surface area contributed by atoms with Crippen LogP contribution in [0.15, 0.2) is 28.1 Å². The standard InChI is InChI=1S/C18H27FN4S.HI/c1-12-10-23(15-5-6-15)11-16(12)22-18(20-2)21-9-13-8-14(19)4-7-17(13)24-3;/h4,7-8,12,15-16H,5-6,9-11H2,1-3H3,(H2,20,21,22);1H. The van der Waals surface area contributed by atoms with Gasteiger partial charge in [-0.1, -0.05) is 6.92 Å². The highest BCUT2D eigenvalue weighted by atomic mass is 127. The van der Waals surface area contributed by atoms with Crippen LogP contribution >= 0.6 is 35.7 Å². The molecule has 0 amide bonds. The second kappa shape index (κ2) is 9.41. The third kappa shape index (κ3) is 5.47. The van der Waals surface area contributed by atoms with Crippen LogP contribution in [0.4, 0.5) is 4.39 Å². The summed E-state index contributed by atoms with van der Waals surface area (Å²) in [4.78, 5) is 8.02. The molecule has 4 nitrogen and oxygen atoms in total. The predicted molar refractivity (Wildman–Crippen MR) is 114 cm³/mol. The zero-order valence-corrected chi connectivity index (χ0v) is 18.2. The molecule has 2 N–H and O–H groups in total. The molecule has 2 atom stereocenters. The van der Waals surface area contributed by atoms with Gasteiger partial charge in [-0.25, -0.2) is 4.39 Å². The molecule has 1 aliphatic carbocycles. The van der Waals surface area contributed by atoms with Crippen LogP contribution in [0.25, 0.3) is 0 Å². The molecule has 0 bridgehead atoms. The van der Waals surface area contributed by atoms with Crippen LogP contribution in [0.5, 0.6) is 0 Å². The average Bonchev–Trinajstić information content (AvgIpc) is 3.36.